The summed E-state index contributed by atoms with van der Waals surface area (Å²) in [6.45, 7) is 0.524. The highest BCUT2D eigenvalue weighted by atomic mass is 35.5. The summed E-state index contributed by atoms with van der Waals surface area (Å²) in [5, 5.41) is 13.1. The lowest BCUT2D eigenvalue weighted by molar-refractivity contribution is -0.131. The van der Waals surface area contributed by atoms with Crippen LogP contribution in [-0.2, 0) is 9.59 Å². The van der Waals surface area contributed by atoms with Gasteiger partial charge in [0.25, 0.3) is 0 Å². The van der Waals surface area contributed by atoms with Crippen molar-refractivity contribution in [1.29, 1.82) is 0 Å². The number of hydrogen-bond donors (Lipinski definition) is 2. The van der Waals surface area contributed by atoms with Gasteiger partial charge >= 0.3 is 0 Å². The minimum absolute atomic E-state index is 0.0133. The number of halogens is 2. The molecule has 0 radical (unpaired) electrons. The fourth-order valence-corrected chi connectivity index (χ4v) is 3.24. The number of aliphatic hydroxyl groups excluding tert-OH is 1. The third-order valence-corrected chi connectivity index (χ3v) is 4.68. The fraction of sp³-hybridized carbons (Fsp3) is 0.300. The topological polar surface area (TPSA) is 78.9 Å². The van der Waals surface area contributed by atoms with Crippen molar-refractivity contribution >= 4 is 29.1 Å². The highest BCUT2D eigenvalue weighted by Gasteiger charge is 2.22. The van der Waals surface area contributed by atoms with E-state index in [2.05, 4.69) is 5.32 Å². The third-order valence-electron chi connectivity index (χ3n) is 4.35. The maximum Gasteiger partial charge on any atom is 0.243 e. The van der Waals surface area contributed by atoms with Gasteiger partial charge in [-0.3, -0.25) is 9.59 Å². The monoisotopic (exact) mass is 406 g/mol. The SMILES string of the molecule is O=C(CN1CCCC1=O)Nc1cccc(OCC(O)c2ccc(F)cc2Cl)c1. The van der Waals surface area contributed by atoms with E-state index in [0.717, 1.165) is 12.5 Å². The van der Waals surface area contributed by atoms with Gasteiger partial charge in [-0.05, 0) is 30.7 Å². The summed E-state index contributed by atoms with van der Waals surface area (Å²) in [5.41, 5.74) is 0.881. The van der Waals surface area contributed by atoms with Crippen LogP contribution in [0.15, 0.2) is 42.5 Å². The first-order valence-corrected chi connectivity index (χ1v) is 9.23. The van der Waals surface area contributed by atoms with Crippen molar-refractivity contribution in [3.8, 4) is 5.75 Å². The normalized spacial score (nSPS) is 14.8. The van der Waals surface area contributed by atoms with Crippen LogP contribution in [0.4, 0.5) is 10.1 Å². The predicted molar refractivity (Wildman–Crippen MR) is 103 cm³/mol. The Balaban J connectivity index is 1.55. The van der Waals surface area contributed by atoms with E-state index in [9.17, 15) is 19.1 Å². The number of nitrogens with one attached hydrogen (secondary N) is 1. The summed E-state index contributed by atoms with van der Waals surface area (Å²) in [7, 11) is 0. The number of likely N-dealkylation sites (tertiary alicyclic amines) is 1. The fourth-order valence-electron chi connectivity index (χ4n) is 2.95. The Morgan fingerprint density at radius 2 is 2.14 bits per heavy atom. The number of amides is 2. The van der Waals surface area contributed by atoms with E-state index in [1.807, 2.05) is 0 Å². The van der Waals surface area contributed by atoms with Gasteiger partial charge in [0.05, 0.1) is 6.54 Å². The zero-order valence-corrected chi connectivity index (χ0v) is 15.8. The van der Waals surface area contributed by atoms with Crippen LogP contribution in [0.3, 0.4) is 0 Å². The lowest BCUT2D eigenvalue weighted by atomic mass is 10.1. The third kappa shape index (κ3) is 5.21. The molecule has 2 aromatic carbocycles. The van der Waals surface area contributed by atoms with E-state index in [1.54, 1.807) is 24.3 Å². The lowest BCUT2D eigenvalue weighted by Gasteiger charge is -2.16. The summed E-state index contributed by atoms with van der Waals surface area (Å²) >= 11 is 5.94. The van der Waals surface area contributed by atoms with Crippen LogP contribution >= 0.6 is 11.6 Å². The van der Waals surface area contributed by atoms with Gasteiger partial charge < -0.3 is 20.1 Å². The molecule has 28 heavy (non-hydrogen) atoms. The highest BCUT2D eigenvalue weighted by Crippen LogP contribution is 2.25. The van der Waals surface area contributed by atoms with Gasteiger partial charge in [-0.15, -0.1) is 0 Å². The number of benzene rings is 2. The minimum Gasteiger partial charge on any atom is -0.490 e. The molecule has 0 aromatic heterocycles. The molecule has 1 saturated heterocycles. The summed E-state index contributed by atoms with van der Waals surface area (Å²) in [4.78, 5) is 25.2. The Hall–Kier alpha value is -2.64. The molecule has 0 bridgehead atoms. The molecule has 0 saturated carbocycles. The maximum absolute atomic E-state index is 13.1. The largest absolute Gasteiger partial charge is 0.490 e. The van der Waals surface area contributed by atoms with E-state index >= 15 is 0 Å². The number of nitrogens with zero attached hydrogens (tertiary/aromatic N) is 1. The molecule has 1 aliphatic heterocycles. The maximum atomic E-state index is 13.1. The van der Waals surface area contributed by atoms with Crippen molar-refractivity contribution in [2.24, 2.45) is 0 Å². The predicted octanol–water partition coefficient (Wildman–Crippen LogP) is 3.15. The average molecular weight is 407 g/mol. The summed E-state index contributed by atoms with van der Waals surface area (Å²) in [6.07, 6.45) is 0.222. The van der Waals surface area contributed by atoms with Crippen molar-refractivity contribution in [2.45, 2.75) is 18.9 Å². The smallest absolute Gasteiger partial charge is 0.243 e. The second-order valence-electron chi connectivity index (χ2n) is 6.49. The quantitative estimate of drug-likeness (QED) is 0.740. The molecular formula is C20H20ClFN2O4. The van der Waals surface area contributed by atoms with E-state index in [1.165, 1.54) is 17.0 Å². The standard InChI is InChI=1S/C20H20ClFN2O4/c21-17-9-13(22)6-7-16(17)18(25)12-28-15-4-1-3-14(10-15)23-19(26)11-24-8-2-5-20(24)27/h1,3-4,6-7,9-10,18,25H,2,5,8,11-12H2,(H,23,26). The molecule has 148 valence electrons. The summed E-state index contributed by atoms with van der Waals surface area (Å²) in [5.74, 6) is -0.348. The van der Waals surface area contributed by atoms with Crippen LogP contribution in [0.2, 0.25) is 5.02 Å². The van der Waals surface area contributed by atoms with Crippen LogP contribution in [0.5, 0.6) is 5.75 Å². The van der Waals surface area contributed by atoms with Crippen molar-refractivity contribution in [3.63, 3.8) is 0 Å². The van der Waals surface area contributed by atoms with Crippen LogP contribution in [0.25, 0.3) is 0 Å². The molecule has 1 heterocycles. The van der Waals surface area contributed by atoms with Gasteiger partial charge in [0.1, 0.15) is 24.3 Å². The molecule has 3 rings (SSSR count). The van der Waals surface area contributed by atoms with Gasteiger partial charge in [0.2, 0.25) is 11.8 Å². The van der Waals surface area contributed by atoms with E-state index in [0.29, 0.717) is 30.0 Å². The molecule has 1 aliphatic rings. The van der Waals surface area contributed by atoms with Crippen LogP contribution in [0.1, 0.15) is 24.5 Å². The summed E-state index contributed by atoms with van der Waals surface area (Å²) in [6, 6.07) is 10.4. The number of carbonyl (C=O) groups excluding carboxylic acids is 2. The minimum atomic E-state index is -1.03. The second-order valence-corrected chi connectivity index (χ2v) is 6.89. The van der Waals surface area contributed by atoms with Crippen LogP contribution in [-0.4, -0.2) is 41.5 Å². The highest BCUT2D eigenvalue weighted by molar-refractivity contribution is 6.31. The molecule has 2 amide bonds. The van der Waals surface area contributed by atoms with Crippen LogP contribution in [0, 0.1) is 5.82 Å². The van der Waals surface area contributed by atoms with E-state index < -0.39 is 11.9 Å². The average Bonchev–Trinajstić information content (AvgIpc) is 3.04. The number of hydrogen-bond acceptors (Lipinski definition) is 4. The first kappa shape index (κ1) is 20.1. The molecule has 6 nitrogen and oxygen atoms in total. The van der Waals surface area contributed by atoms with Gasteiger partial charge in [-0.25, -0.2) is 4.39 Å². The van der Waals surface area contributed by atoms with Crippen LogP contribution < -0.4 is 10.1 Å². The number of carbonyl (C=O) groups is 2. The lowest BCUT2D eigenvalue weighted by Crippen LogP contribution is -2.33. The Kier molecular flexibility index (Phi) is 6.49. The molecule has 0 aliphatic carbocycles. The number of ether oxygens (including phenoxy) is 1. The van der Waals surface area contributed by atoms with E-state index in [4.69, 9.17) is 16.3 Å². The van der Waals surface area contributed by atoms with Crippen molar-refractivity contribution in [2.75, 3.05) is 25.0 Å². The van der Waals surface area contributed by atoms with Crippen molar-refractivity contribution in [3.05, 3.63) is 58.9 Å². The molecule has 1 unspecified atom stereocenters. The van der Waals surface area contributed by atoms with Gasteiger partial charge in [-0.2, -0.15) is 0 Å². The molecule has 0 spiro atoms. The zero-order valence-electron chi connectivity index (χ0n) is 15.0. The first-order chi connectivity index (χ1) is 13.4. The first-order valence-electron chi connectivity index (χ1n) is 8.86. The Morgan fingerprint density at radius 1 is 1.32 bits per heavy atom. The van der Waals surface area contributed by atoms with Crippen molar-refractivity contribution in [1.82, 2.24) is 4.90 Å². The number of anilines is 1. The molecule has 1 atom stereocenters. The van der Waals surface area contributed by atoms with Gasteiger partial charge in [-0.1, -0.05) is 23.7 Å². The zero-order chi connectivity index (χ0) is 20.1. The molecule has 1 fully saturated rings. The van der Waals surface area contributed by atoms with Gasteiger partial charge in [0.15, 0.2) is 0 Å². The number of aliphatic hydroxyl groups is 1. The Morgan fingerprint density at radius 3 is 2.86 bits per heavy atom. The Labute approximate surface area is 166 Å². The molecule has 2 aromatic rings. The Bertz CT molecular complexity index is 877. The van der Waals surface area contributed by atoms with Gasteiger partial charge in [0, 0.05) is 35.3 Å². The molecule has 2 N–H and O–H groups in total. The molecular weight excluding hydrogens is 387 g/mol. The van der Waals surface area contributed by atoms with E-state index in [-0.39, 0.29) is 30.0 Å². The summed E-state index contributed by atoms with van der Waals surface area (Å²) < 4.78 is 18.7. The molecule has 8 heteroatoms. The number of rotatable bonds is 7. The second kappa shape index (κ2) is 9.03. The van der Waals surface area contributed by atoms with Crippen molar-refractivity contribution < 1.29 is 23.8 Å².